The van der Waals surface area contributed by atoms with Crippen LogP contribution in [0.3, 0.4) is 0 Å². The molecule has 0 radical (unpaired) electrons. The van der Waals surface area contributed by atoms with Crippen molar-refractivity contribution in [3.8, 4) is 11.5 Å². The Hall–Kier alpha value is -2.74. The Morgan fingerprint density at radius 1 is 0.483 bits per heavy atom. The van der Waals surface area contributed by atoms with Crippen LogP contribution < -0.4 is 9.47 Å². The molecule has 156 valence electrons. The van der Waals surface area contributed by atoms with Gasteiger partial charge < -0.3 is 23.7 Å². The fraction of sp³-hybridized carbons (Fsp3) is 0.364. The highest BCUT2D eigenvalue weighted by molar-refractivity contribution is 5.75. The maximum Gasteiger partial charge on any atom is 0.150 e. The molecule has 2 aromatic carbocycles. The molecule has 2 rings (SSSR count). The minimum absolute atomic E-state index is 0.432. The maximum atomic E-state index is 10.6. The van der Waals surface area contributed by atoms with Crippen LogP contribution in [0.1, 0.15) is 20.7 Å². The lowest BCUT2D eigenvalue weighted by molar-refractivity contribution is 0.00499. The number of rotatable bonds is 16. The van der Waals surface area contributed by atoms with Gasteiger partial charge in [0.1, 0.15) is 37.3 Å². The lowest BCUT2D eigenvalue weighted by Gasteiger charge is -2.09. The molecular weight excluding hydrogens is 376 g/mol. The van der Waals surface area contributed by atoms with Gasteiger partial charge in [-0.15, -0.1) is 0 Å². The Bertz CT molecular complexity index is 637. The van der Waals surface area contributed by atoms with E-state index in [1.165, 1.54) is 0 Å². The van der Waals surface area contributed by atoms with Gasteiger partial charge >= 0.3 is 0 Å². The van der Waals surface area contributed by atoms with Crippen molar-refractivity contribution in [1.29, 1.82) is 0 Å². The first kappa shape index (κ1) is 22.5. The minimum Gasteiger partial charge on any atom is -0.491 e. The quantitative estimate of drug-likeness (QED) is 0.315. The van der Waals surface area contributed by atoms with Gasteiger partial charge in [0.05, 0.1) is 39.6 Å². The fourth-order valence-corrected chi connectivity index (χ4v) is 2.26. The van der Waals surface area contributed by atoms with Crippen LogP contribution in [-0.4, -0.2) is 65.4 Å². The number of hydrogen-bond donors (Lipinski definition) is 0. The summed E-state index contributed by atoms with van der Waals surface area (Å²) in [5.41, 5.74) is 1.24. The number of hydrogen-bond acceptors (Lipinski definition) is 7. The molecule has 0 aliphatic rings. The Morgan fingerprint density at radius 2 is 0.793 bits per heavy atom. The van der Waals surface area contributed by atoms with E-state index in [0.29, 0.717) is 75.5 Å². The van der Waals surface area contributed by atoms with Gasteiger partial charge in [0, 0.05) is 11.1 Å². The van der Waals surface area contributed by atoms with Crippen LogP contribution in [0.5, 0.6) is 11.5 Å². The molecule has 2 aromatic rings. The number of aldehydes is 2. The molecule has 29 heavy (non-hydrogen) atoms. The zero-order valence-corrected chi connectivity index (χ0v) is 16.3. The van der Waals surface area contributed by atoms with E-state index in [4.69, 9.17) is 23.7 Å². The summed E-state index contributed by atoms with van der Waals surface area (Å²) in [4.78, 5) is 21.1. The van der Waals surface area contributed by atoms with Crippen LogP contribution in [0, 0.1) is 0 Å². The molecule has 0 spiro atoms. The van der Waals surface area contributed by atoms with Crippen LogP contribution in [0.25, 0.3) is 0 Å². The molecule has 0 unspecified atom stereocenters. The van der Waals surface area contributed by atoms with Crippen LogP contribution in [0.4, 0.5) is 0 Å². The van der Waals surface area contributed by atoms with Crippen LogP contribution in [0.2, 0.25) is 0 Å². The normalized spacial score (nSPS) is 10.5. The van der Waals surface area contributed by atoms with Crippen LogP contribution in [0.15, 0.2) is 48.5 Å². The molecule has 0 aliphatic heterocycles. The van der Waals surface area contributed by atoms with Gasteiger partial charge in [0.2, 0.25) is 0 Å². The molecule has 0 N–H and O–H groups in total. The third-order valence-electron chi connectivity index (χ3n) is 3.77. The van der Waals surface area contributed by atoms with Crippen molar-refractivity contribution in [3.05, 3.63) is 59.7 Å². The summed E-state index contributed by atoms with van der Waals surface area (Å²) >= 11 is 0. The second-order valence-corrected chi connectivity index (χ2v) is 5.91. The highest BCUT2D eigenvalue weighted by atomic mass is 16.6. The molecule has 0 fully saturated rings. The summed E-state index contributed by atoms with van der Waals surface area (Å²) in [5, 5.41) is 0. The third kappa shape index (κ3) is 9.84. The van der Waals surface area contributed by atoms with E-state index in [1.54, 1.807) is 48.5 Å². The minimum atomic E-state index is 0.432. The number of carbonyl (C=O) groups excluding carboxylic acids is 2. The van der Waals surface area contributed by atoms with E-state index in [-0.39, 0.29) is 0 Å². The molecule has 7 nitrogen and oxygen atoms in total. The standard InChI is InChI=1S/C22H26O7/c23-17-19-1-5-21(6-2-19)28-15-13-26-11-9-25-10-12-27-14-16-29-22-7-3-20(18-24)4-8-22/h1-8,17-18H,9-16H2. The second-order valence-electron chi connectivity index (χ2n) is 5.91. The highest BCUT2D eigenvalue weighted by Gasteiger charge is 1.97. The van der Waals surface area contributed by atoms with E-state index in [0.717, 1.165) is 12.6 Å². The topological polar surface area (TPSA) is 80.3 Å². The smallest absolute Gasteiger partial charge is 0.150 e. The largest absolute Gasteiger partial charge is 0.491 e. The number of benzene rings is 2. The van der Waals surface area contributed by atoms with Crippen molar-refractivity contribution < 1.29 is 33.3 Å². The van der Waals surface area contributed by atoms with Gasteiger partial charge in [-0.25, -0.2) is 0 Å². The van der Waals surface area contributed by atoms with Gasteiger partial charge in [-0.05, 0) is 48.5 Å². The summed E-state index contributed by atoms with van der Waals surface area (Å²) in [6, 6.07) is 13.8. The molecule has 0 aliphatic carbocycles. The summed E-state index contributed by atoms with van der Waals surface area (Å²) in [6.07, 6.45) is 1.59. The predicted molar refractivity (Wildman–Crippen MR) is 107 cm³/mol. The average molecular weight is 402 g/mol. The van der Waals surface area contributed by atoms with Gasteiger partial charge in [0.25, 0.3) is 0 Å². The lowest BCUT2D eigenvalue weighted by atomic mass is 10.2. The monoisotopic (exact) mass is 402 g/mol. The Labute approximate surface area is 170 Å². The van der Waals surface area contributed by atoms with Gasteiger partial charge in [-0.3, -0.25) is 9.59 Å². The SMILES string of the molecule is O=Cc1ccc(OCCOCCOCCOCCOc2ccc(C=O)cc2)cc1. The maximum absolute atomic E-state index is 10.6. The van der Waals surface area contributed by atoms with Crippen molar-refractivity contribution in [2.75, 3.05) is 52.9 Å². The van der Waals surface area contributed by atoms with Crippen molar-refractivity contribution in [1.82, 2.24) is 0 Å². The van der Waals surface area contributed by atoms with Crippen LogP contribution >= 0.6 is 0 Å². The zero-order valence-electron chi connectivity index (χ0n) is 16.3. The Morgan fingerprint density at radius 3 is 1.10 bits per heavy atom. The molecule has 0 atom stereocenters. The zero-order chi connectivity index (χ0) is 20.6. The van der Waals surface area contributed by atoms with Crippen molar-refractivity contribution in [2.45, 2.75) is 0 Å². The summed E-state index contributed by atoms with van der Waals surface area (Å²) < 4.78 is 27.3. The molecule has 0 bridgehead atoms. The summed E-state index contributed by atoms with van der Waals surface area (Å²) in [5.74, 6) is 1.41. The molecule has 0 heterocycles. The van der Waals surface area contributed by atoms with E-state index in [9.17, 15) is 9.59 Å². The van der Waals surface area contributed by atoms with E-state index in [1.807, 2.05) is 0 Å². The molecule has 0 saturated heterocycles. The van der Waals surface area contributed by atoms with Crippen molar-refractivity contribution in [2.24, 2.45) is 0 Å². The first-order valence-corrected chi connectivity index (χ1v) is 9.41. The highest BCUT2D eigenvalue weighted by Crippen LogP contribution is 2.11. The van der Waals surface area contributed by atoms with Gasteiger partial charge in [-0.2, -0.15) is 0 Å². The van der Waals surface area contributed by atoms with Gasteiger partial charge in [-0.1, -0.05) is 0 Å². The Balaban J connectivity index is 1.35. The number of ether oxygens (including phenoxy) is 5. The third-order valence-corrected chi connectivity index (χ3v) is 3.77. The fourth-order valence-electron chi connectivity index (χ4n) is 2.26. The molecule has 0 saturated carbocycles. The molecule has 0 amide bonds. The van der Waals surface area contributed by atoms with Crippen LogP contribution in [-0.2, 0) is 14.2 Å². The second kappa shape index (κ2) is 14.3. The molecular formula is C22H26O7. The first-order valence-electron chi connectivity index (χ1n) is 9.41. The lowest BCUT2D eigenvalue weighted by Crippen LogP contribution is -2.14. The predicted octanol–water partition coefficient (Wildman–Crippen LogP) is 2.82. The number of carbonyl (C=O) groups is 2. The van der Waals surface area contributed by atoms with E-state index >= 15 is 0 Å². The van der Waals surface area contributed by atoms with E-state index in [2.05, 4.69) is 0 Å². The Kier molecular flexibility index (Phi) is 11.1. The van der Waals surface area contributed by atoms with Crippen molar-refractivity contribution in [3.63, 3.8) is 0 Å². The van der Waals surface area contributed by atoms with E-state index < -0.39 is 0 Å². The molecule has 7 heteroatoms. The average Bonchev–Trinajstić information content (AvgIpc) is 2.77. The summed E-state index contributed by atoms with van der Waals surface area (Å²) in [7, 11) is 0. The van der Waals surface area contributed by atoms with Crippen molar-refractivity contribution >= 4 is 12.6 Å². The first-order chi connectivity index (χ1) is 14.3. The summed E-state index contributed by atoms with van der Waals surface area (Å²) in [6.45, 7) is 3.71. The molecule has 0 aromatic heterocycles. The van der Waals surface area contributed by atoms with Gasteiger partial charge in [0.15, 0.2) is 0 Å².